The smallest absolute Gasteiger partial charge is 0.287 e. The summed E-state index contributed by atoms with van der Waals surface area (Å²) in [5.74, 6) is -0.00662. The summed E-state index contributed by atoms with van der Waals surface area (Å²) in [5, 5.41) is 4.85. The topological polar surface area (TPSA) is 42.2 Å². The van der Waals surface area contributed by atoms with Gasteiger partial charge in [-0.05, 0) is 36.8 Å². The van der Waals surface area contributed by atoms with Crippen molar-refractivity contribution in [2.24, 2.45) is 0 Å². The molecule has 112 valence electrons. The maximum atomic E-state index is 12.3. The molecular weight excluding hydrogens is 321 g/mol. The van der Waals surface area contributed by atoms with E-state index in [9.17, 15) is 4.79 Å². The number of para-hydroxylation sites is 1. The van der Waals surface area contributed by atoms with Crippen molar-refractivity contribution in [1.82, 2.24) is 5.32 Å². The number of carbonyl (C=O) groups excluding carboxylic acids is 1. The van der Waals surface area contributed by atoms with E-state index in [0.717, 1.165) is 10.9 Å². The van der Waals surface area contributed by atoms with Crippen LogP contribution in [0.5, 0.6) is 0 Å². The molecule has 1 N–H and O–H groups in total. The zero-order valence-corrected chi connectivity index (χ0v) is 13.3. The third kappa shape index (κ3) is 2.96. The molecule has 0 aliphatic rings. The number of carbonyl (C=O) groups is 1. The summed E-state index contributed by atoms with van der Waals surface area (Å²) in [6, 6.07) is 14.1. The van der Waals surface area contributed by atoms with Crippen molar-refractivity contribution in [3.8, 4) is 0 Å². The van der Waals surface area contributed by atoms with Gasteiger partial charge in [-0.2, -0.15) is 0 Å². The van der Waals surface area contributed by atoms with Gasteiger partial charge in [0.25, 0.3) is 5.91 Å². The minimum atomic E-state index is -0.283. The minimum Gasteiger partial charge on any atom is -0.451 e. The molecular formula is C17H13Cl2NO2. The SMILES string of the molecule is C[C@H](NC(=O)c1cc2ccccc2o1)c1ccc(Cl)cc1Cl. The largest absolute Gasteiger partial charge is 0.451 e. The second-order valence-electron chi connectivity index (χ2n) is 5.01. The lowest BCUT2D eigenvalue weighted by Gasteiger charge is -2.15. The van der Waals surface area contributed by atoms with E-state index >= 15 is 0 Å². The Labute approximate surface area is 137 Å². The molecule has 0 unspecified atom stereocenters. The standard InChI is InChI=1S/C17H13Cl2NO2/c1-10(13-7-6-12(18)9-14(13)19)20-17(21)16-8-11-4-2-3-5-15(11)22-16/h2-10H,1H3,(H,20,21)/t10-/m0/s1. The summed E-state index contributed by atoms with van der Waals surface area (Å²) < 4.78 is 5.55. The molecule has 1 amide bonds. The van der Waals surface area contributed by atoms with Gasteiger partial charge in [0.05, 0.1) is 6.04 Å². The van der Waals surface area contributed by atoms with E-state index in [1.807, 2.05) is 31.2 Å². The van der Waals surface area contributed by atoms with Crippen LogP contribution in [0.1, 0.15) is 29.1 Å². The summed E-state index contributed by atoms with van der Waals surface area (Å²) in [5.41, 5.74) is 1.49. The van der Waals surface area contributed by atoms with Crippen LogP contribution < -0.4 is 5.32 Å². The molecule has 1 atom stereocenters. The molecule has 5 heteroatoms. The predicted molar refractivity (Wildman–Crippen MR) is 88.6 cm³/mol. The molecule has 2 aromatic carbocycles. The Morgan fingerprint density at radius 3 is 2.64 bits per heavy atom. The maximum Gasteiger partial charge on any atom is 0.287 e. The average molecular weight is 334 g/mol. The molecule has 0 aliphatic carbocycles. The zero-order chi connectivity index (χ0) is 15.7. The molecule has 0 spiro atoms. The predicted octanol–water partition coefficient (Wildman–Crippen LogP) is 5.23. The molecule has 0 radical (unpaired) electrons. The van der Waals surface area contributed by atoms with Gasteiger partial charge in [-0.25, -0.2) is 0 Å². The van der Waals surface area contributed by atoms with Gasteiger partial charge in [-0.3, -0.25) is 4.79 Å². The van der Waals surface area contributed by atoms with Crippen LogP contribution >= 0.6 is 23.2 Å². The Hall–Kier alpha value is -1.97. The fourth-order valence-electron chi connectivity index (χ4n) is 2.29. The van der Waals surface area contributed by atoms with Gasteiger partial charge < -0.3 is 9.73 Å². The van der Waals surface area contributed by atoms with Crippen LogP contribution in [-0.2, 0) is 0 Å². The fourth-order valence-corrected chi connectivity index (χ4v) is 2.86. The van der Waals surface area contributed by atoms with Crippen LogP contribution in [-0.4, -0.2) is 5.91 Å². The Balaban J connectivity index is 1.81. The van der Waals surface area contributed by atoms with Gasteiger partial charge in [-0.15, -0.1) is 0 Å². The fraction of sp³-hybridized carbons (Fsp3) is 0.118. The number of furan rings is 1. The molecule has 0 bridgehead atoms. The molecule has 22 heavy (non-hydrogen) atoms. The molecule has 1 aromatic heterocycles. The number of hydrogen-bond donors (Lipinski definition) is 1. The second-order valence-corrected chi connectivity index (χ2v) is 5.85. The normalized spacial score (nSPS) is 12.3. The van der Waals surface area contributed by atoms with Crippen LogP contribution in [0.4, 0.5) is 0 Å². The van der Waals surface area contributed by atoms with Crippen molar-refractivity contribution in [3.63, 3.8) is 0 Å². The van der Waals surface area contributed by atoms with Crippen LogP contribution in [0.2, 0.25) is 10.0 Å². The van der Waals surface area contributed by atoms with E-state index < -0.39 is 0 Å². The summed E-state index contributed by atoms with van der Waals surface area (Å²) >= 11 is 12.0. The van der Waals surface area contributed by atoms with Crippen molar-refractivity contribution in [2.45, 2.75) is 13.0 Å². The summed E-state index contributed by atoms with van der Waals surface area (Å²) in [4.78, 5) is 12.3. The van der Waals surface area contributed by atoms with E-state index in [1.54, 1.807) is 24.3 Å². The first-order valence-corrected chi connectivity index (χ1v) is 7.54. The van der Waals surface area contributed by atoms with Crippen molar-refractivity contribution in [1.29, 1.82) is 0 Å². The van der Waals surface area contributed by atoms with E-state index in [-0.39, 0.29) is 17.7 Å². The summed E-state index contributed by atoms with van der Waals surface area (Å²) in [7, 11) is 0. The third-order valence-corrected chi connectivity index (χ3v) is 3.99. The molecule has 0 aliphatic heterocycles. The first kappa shape index (κ1) is 14.9. The molecule has 1 heterocycles. The molecule has 3 aromatic rings. The van der Waals surface area contributed by atoms with Gasteiger partial charge in [0, 0.05) is 15.4 Å². The quantitative estimate of drug-likeness (QED) is 0.712. The molecule has 0 saturated carbocycles. The van der Waals surface area contributed by atoms with E-state index in [0.29, 0.717) is 15.6 Å². The monoisotopic (exact) mass is 333 g/mol. The lowest BCUT2D eigenvalue weighted by Crippen LogP contribution is -2.26. The van der Waals surface area contributed by atoms with Gasteiger partial charge in [0.2, 0.25) is 0 Å². The number of hydrogen-bond acceptors (Lipinski definition) is 2. The van der Waals surface area contributed by atoms with Crippen LogP contribution in [0, 0.1) is 0 Å². The Kier molecular flexibility index (Phi) is 4.10. The molecule has 0 fully saturated rings. The summed E-state index contributed by atoms with van der Waals surface area (Å²) in [6.45, 7) is 1.86. The number of rotatable bonds is 3. The molecule has 3 nitrogen and oxygen atoms in total. The van der Waals surface area contributed by atoms with Gasteiger partial charge in [-0.1, -0.05) is 47.5 Å². The van der Waals surface area contributed by atoms with Crippen molar-refractivity contribution in [3.05, 3.63) is 69.9 Å². The average Bonchev–Trinajstić information content (AvgIpc) is 2.91. The number of fused-ring (bicyclic) bond motifs is 1. The Morgan fingerprint density at radius 1 is 1.14 bits per heavy atom. The maximum absolute atomic E-state index is 12.3. The first-order chi connectivity index (χ1) is 10.5. The van der Waals surface area contributed by atoms with E-state index in [2.05, 4.69) is 5.32 Å². The molecule has 0 saturated heterocycles. The Morgan fingerprint density at radius 2 is 1.91 bits per heavy atom. The number of halogens is 2. The highest BCUT2D eigenvalue weighted by atomic mass is 35.5. The van der Waals surface area contributed by atoms with Gasteiger partial charge in [0.1, 0.15) is 5.58 Å². The zero-order valence-electron chi connectivity index (χ0n) is 11.8. The van der Waals surface area contributed by atoms with Crippen LogP contribution in [0.25, 0.3) is 11.0 Å². The highest BCUT2D eigenvalue weighted by molar-refractivity contribution is 6.35. The number of benzene rings is 2. The van der Waals surface area contributed by atoms with E-state index in [4.69, 9.17) is 27.6 Å². The lowest BCUT2D eigenvalue weighted by atomic mass is 10.1. The van der Waals surface area contributed by atoms with E-state index in [1.165, 1.54) is 0 Å². The van der Waals surface area contributed by atoms with Crippen molar-refractivity contribution in [2.75, 3.05) is 0 Å². The number of amides is 1. The second kappa shape index (κ2) is 6.03. The van der Waals surface area contributed by atoms with Crippen molar-refractivity contribution < 1.29 is 9.21 Å². The highest BCUT2D eigenvalue weighted by Gasteiger charge is 2.17. The third-order valence-electron chi connectivity index (χ3n) is 3.43. The summed E-state index contributed by atoms with van der Waals surface area (Å²) in [6.07, 6.45) is 0. The van der Waals surface area contributed by atoms with Gasteiger partial charge >= 0.3 is 0 Å². The van der Waals surface area contributed by atoms with Crippen molar-refractivity contribution >= 4 is 40.1 Å². The molecule has 3 rings (SSSR count). The lowest BCUT2D eigenvalue weighted by molar-refractivity contribution is 0.0914. The highest BCUT2D eigenvalue weighted by Crippen LogP contribution is 2.26. The first-order valence-electron chi connectivity index (χ1n) is 6.79. The number of nitrogens with one attached hydrogen (secondary N) is 1. The Bertz CT molecular complexity index is 809. The minimum absolute atomic E-state index is 0.259. The van der Waals surface area contributed by atoms with Crippen LogP contribution in [0.15, 0.2) is 52.9 Å². The van der Waals surface area contributed by atoms with Gasteiger partial charge in [0.15, 0.2) is 5.76 Å². The van der Waals surface area contributed by atoms with Crippen LogP contribution in [0.3, 0.4) is 0 Å².